The Hall–Kier alpha value is -1.24. The van der Waals surface area contributed by atoms with Gasteiger partial charge < -0.3 is 14.7 Å². The highest BCUT2D eigenvalue weighted by atomic mass is 32.2. The number of hydrogen-bond acceptors (Lipinski definition) is 5. The molecule has 1 aromatic rings. The van der Waals surface area contributed by atoms with E-state index in [1.165, 1.54) is 0 Å². The van der Waals surface area contributed by atoms with Crippen LogP contribution in [0.15, 0.2) is 9.52 Å². The van der Waals surface area contributed by atoms with Gasteiger partial charge >= 0.3 is 0 Å². The first kappa shape index (κ1) is 18.1. The minimum atomic E-state index is -0.124. The Balaban J connectivity index is 1.94. The molecule has 0 aliphatic carbocycles. The Bertz CT molecular complexity index is 535. The second-order valence-electron chi connectivity index (χ2n) is 7.27. The van der Waals surface area contributed by atoms with Gasteiger partial charge in [-0.15, -0.1) is 0 Å². The molecule has 1 atom stereocenters. The average Bonchev–Trinajstić information content (AvgIpc) is 2.97. The number of nitrogens with zero attached hydrogens (tertiary/aromatic N) is 4. The fraction of sp³-hybridized carbons (Fsp3) is 0.812. The minimum absolute atomic E-state index is 0.124. The van der Waals surface area contributed by atoms with Crippen LogP contribution in [0.1, 0.15) is 46.3 Å². The summed E-state index contributed by atoms with van der Waals surface area (Å²) in [7, 11) is 1.82. The van der Waals surface area contributed by atoms with Crippen molar-refractivity contribution in [1.29, 1.82) is 0 Å². The molecule has 1 aliphatic rings. The molecule has 0 saturated carbocycles. The topological polar surface area (TPSA) is 66.5 Å². The van der Waals surface area contributed by atoms with Gasteiger partial charge in [-0.25, -0.2) is 0 Å². The summed E-state index contributed by atoms with van der Waals surface area (Å²) in [6.07, 6.45) is 0. The first-order valence-electron chi connectivity index (χ1n) is 8.21. The van der Waals surface area contributed by atoms with Gasteiger partial charge in [-0.05, 0) is 5.92 Å². The molecule has 0 spiro atoms. The Morgan fingerprint density at radius 3 is 2.78 bits per heavy atom. The first-order chi connectivity index (χ1) is 10.8. The lowest BCUT2D eigenvalue weighted by Gasteiger charge is -2.36. The summed E-state index contributed by atoms with van der Waals surface area (Å²) >= 11 is 2.06. The summed E-state index contributed by atoms with van der Waals surface area (Å²) in [6, 6.07) is 0. The van der Waals surface area contributed by atoms with E-state index in [0.717, 1.165) is 24.8 Å². The second-order valence-corrected chi connectivity index (χ2v) is 8.61. The number of rotatable bonds is 3. The lowest BCUT2D eigenvalue weighted by Crippen LogP contribution is -2.48. The fourth-order valence-electron chi connectivity index (χ4n) is 2.39. The average molecular weight is 340 g/mol. The van der Waals surface area contributed by atoms with Crippen LogP contribution in [0, 0.1) is 5.92 Å². The molecule has 1 fully saturated rings. The Kier molecular flexibility index (Phi) is 5.95. The summed E-state index contributed by atoms with van der Waals surface area (Å²) in [5, 5.41) is 8.07. The second kappa shape index (κ2) is 7.55. The highest BCUT2D eigenvalue weighted by Gasteiger charge is 2.25. The van der Waals surface area contributed by atoms with Crippen LogP contribution in [0.4, 0.5) is 0 Å². The number of aliphatic imine (C=N–C) groups is 1. The predicted molar refractivity (Wildman–Crippen MR) is 95.9 cm³/mol. The van der Waals surface area contributed by atoms with Crippen LogP contribution >= 0.6 is 11.8 Å². The zero-order valence-corrected chi connectivity index (χ0v) is 15.9. The van der Waals surface area contributed by atoms with Crippen molar-refractivity contribution in [3.8, 4) is 0 Å². The van der Waals surface area contributed by atoms with Crippen LogP contribution in [-0.4, -0.2) is 52.1 Å². The quantitative estimate of drug-likeness (QED) is 0.674. The van der Waals surface area contributed by atoms with E-state index in [0.29, 0.717) is 29.4 Å². The molecule has 0 radical (unpaired) electrons. The lowest BCUT2D eigenvalue weighted by molar-refractivity contribution is 0.318. The van der Waals surface area contributed by atoms with Gasteiger partial charge in [-0.2, -0.15) is 16.7 Å². The Morgan fingerprint density at radius 2 is 2.22 bits per heavy atom. The summed E-state index contributed by atoms with van der Waals surface area (Å²) in [5.74, 6) is 4.06. The summed E-state index contributed by atoms with van der Waals surface area (Å²) in [6.45, 7) is 13.3. The van der Waals surface area contributed by atoms with Gasteiger partial charge in [0.2, 0.25) is 5.89 Å². The van der Waals surface area contributed by atoms with Crippen molar-refractivity contribution in [3.05, 3.63) is 11.7 Å². The van der Waals surface area contributed by atoms with E-state index in [1.54, 1.807) is 0 Å². The van der Waals surface area contributed by atoms with E-state index in [9.17, 15) is 0 Å². The van der Waals surface area contributed by atoms with Crippen molar-refractivity contribution in [1.82, 2.24) is 20.4 Å². The van der Waals surface area contributed by atoms with Crippen LogP contribution in [0.25, 0.3) is 0 Å². The van der Waals surface area contributed by atoms with Crippen LogP contribution in [-0.2, 0) is 12.0 Å². The number of guanidine groups is 1. The molecule has 7 heteroatoms. The normalized spacial score (nSPS) is 20.2. The van der Waals surface area contributed by atoms with Crippen LogP contribution < -0.4 is 5.32 Å². The Morgan fingerprint density at radius 1 is 1.48 bits per heavy atom. The summed E-state index contributed by atoms with van der Waals surface area (Å²) < 4.78 is 5.33. The number of nitrogens with one attached hydrogen (secondary N) is 1. The molecule has 0 amide bonds. The molecule has 0 bridgehead atoms. The third-order valence-electron chi connectivity index (χ3n) is 3.86. The van der Waals surface area contributed by atoms with Crippen molar-refractivity contribution in [2.24, 2.45) is 10.9 Å². The standard InChI is InChI=1S/C16H29N5OS/c1-11(2)12-10-21(7-8-23-12)15(17-6)18-9-13-19-14(22-20-13)16(3,4)5/h11-12H,7-10H2,1-6H3,(H,17,18). The predicted octanol–water partition coefficient (Wildman–Crippen LogP) is 2.52. The van der Waals surface area contributed by atoms with E-state index < -0.39 is 0 Å². The van der Waals surface area contributed by atoms with Crippen molar-refractivity contribution in [3.63, 3.8) is 0 Å². The maximum Gasteiger partial charge on any atom is 0.232 e. The van der Waals surface area contributed by atoms with E-state index in [1.807, 2.05) is 7.05 Å². The maximum atomic E-state index is 5.33. The molecule has 1 aromatic heterocycles. The monoisotopic (exact) mass is 339 g/mol. The van der Waals surface area contributed by atoms with E-state index in [4.69, 9.17) is 4.52 Å². The molecule has 2 heterocycles. The van der Waals surface area contributed by atoms with Crippen LogP contribution in [0.5, 0.6) is 0 Å². The molecule has 0 aromatic carbocycles. The first-order valence-corrected chi connectivity index (χ1v) is 9.26. The van der Waals surface area contributed by atoms with Gasteiger partial charge in [0, 0.05) is 36.6 Å². The third kappa shape index (κ3) is 4.86. The van der Waals surface area contributed by atoms with E-state index >= 15 is 0 Å². The minimum Gasteiger partial charge on any atom is -0.349 e. The molecule has 2 rings (SSSR count). The van der Waals surface area contributed by atoms with Gasteiger partial charge in [0.1, 0.15) is 0 Å². The number of aromatic nitrogens is 2. The van der Waals surface area contributed by atoms with E-state index in [2.05, 4.69) is 71.7 Å². The van der Waals surface area contributed by atoms with Gasteiger partial charge in [0.25, 0.3) is 0 Å². The van der Waals surface area contributed by atoms with Crippen molar-refractivity contribution >= 4 is 17.7 Å². The smallest absolute Gasteiger partial charge is 0.232 e. The highest BCUT2D eigenvalue weighted by molar-refractivity contribution is 8.00. The zero-order valence-electron chi connectivity index (χ0n) is 15.1. The van der Waals surface area contributed by atoms with Gasteiger partial charge in [0.05, 0.1) is 6.54 Å². The molecule has 1 N–H and O–H groups in total. The molecular weight excluding hydrogens is 310 g/mol. The number of hydrogen-bond donors (Lipinski definition) is 1. The number of thioether (sulfide) groups is 1. The fourth-order valence-corrected chi connectivity index (χ4v) is 3.69. The van der Waals surface area contributed by atoms with Gasteiger partial charge in [-0.3, -0.25) is 4.99 Å². The summed E-state index contributed by atoms with van der Waals surface area (Å²) in [4.78, 5) is 11.2. The maximum absolute atomic E-state index is 5.33. The largest absolute Gasteiger partial charge is 0.349 e. The van der Waals surface area contributed by atoms with Crippen molar-refractivity contribution in [2.45, 2.75) is 51.8 Å². The molecule has 6 nitrogen and oxygen atoms in total. The molecule has 23 heavy (non-hydrogen) atoms. The Labute approximate surface area is 143 Å². The molecule has 1 unspecified atom stereocenters. The van der Waals surface area contributed by atoms with Crippen LogP contribution in [0.2, 0.25) is 0 Å². The van der Waals surface area contributed by atoms with E-state index in [-0.39, 0.29) is 5.41 Å². The lowest BCUT2D eigenvalue weighted by atomic mass is 9.97. The molecule has 1 aliphatic heterocycles. The van der Waals surface area contributed by atoms with Gasteiger partial charge in [0.15, 0.2) is 11.8 Å². The van der Waals surface area contributed by atoms with Crippen molar-refractivity contribution < 1.29 is 4.52 Å². The molecular formula is C16H29N5OS. The van der Waals surface area contributed by atoms with Crippen LogP contribution in [0.3, 0.4) is 0 Å². The highest BCUT2D eigenvalue weighted by Crippen LogP contribution is 2.25. The molecule has 130 valence electrons. The zero-order chi connectivity index (χ0) is 17.0. The van der Waals surface area contributed by atoms with Crippen molar-refractivity contribution in [2.75, 3.05) is 25.9 Å². The SMILES string of the molecule is CN=C(NCc1noc(C(C)(C)C)n1)N1CCSC(C(C)C)C1. The summed E-state index contributed by atoms with van der Waals surface area (Å²) in [5.41, 5.74) is -0.124. The third-order valence-corrected chi connectivity index (χ3v) is 5.40. The van der Waals surface area contributed by atoms with Gasteiger partial charge in [-0.1, -0.05) is 39.8 Å². The molecule has 1 saturated heterocycles.